The summed E-state index contributed by atoms with van der Waals surface area (Å²) in [4.78, 5) is 36.7. The van der Waals surface area contributed by atoms with Crippen LogP contribution in [0.25, 0.3) is 0 Å². The Balaban J connectivity index is 0.00000385. The van der Waals surface area contributed by atoms with Crippen LogP contribution in [0, 0.1) is 0 Å². The number of esters is 3. The van der Waals surface area contributed by atoms with Crippen molar-refractivity contribution in [1.82, 2.24) is 4.90 Å². The van der Waals surface area contributed by atoms with Crippen LogP contribution in [0.5, 0.6) is 17.2 Å². The zero-order chi connectivity index (χ0) is 23.4. The lowest BCUT2D eigenvalue weighted by Crippen LogP contribution is -2.34. The summed E-state index contributed by atoms with van der Waals surface area (Å²) in [6, 6.07) is 8.92. The zero-order valence-electron chi connectivity index (χ0n) is 18.6. The monoisotopic (exact) mass is 537 g/mol. The third-order valence-corrected chi connectivity index (χ3v) is 5.35. The first-order valence-electron chi connectivity index (χ1n) is 10.0. The van der Waals surface area contributed by atoms with Crippen LogP contribution < -0.4 is 14.2 Å². The fourth-order valence-electron chi connectivity index (χ4n) is 3.79. The van der Waals surface area contributed by atoms with Crippen molar-refractivity contribution >= 4 is 46.5 Å². The molecule has 1 aliphatic rings. The average Bonchev–Trinajstić information content (AvgIpc) is 2.71. The van der Waals surface area contributed by atoms with Gasteiger partial charge in [-0.2, -0.15) is 0 Å². The average molecular weight is 539 g/mol. The maximum atomic E-state index is 11.7. The molecule has 2 aromatic rings. The molecular formula is C24H25BrClNO6. The predicted octanol–water partition coefficient (Wildman–Crippen LogP) is 4.83. The largest absolute Gasteiger partial charge is 0.427 e. The Hall–Kier alpha value is -2.68. The van der Waals surface area contributed by atoms with E-state index in [2.05, 4.69) is 11.5 Å². The van der Waals surface area contributed by atoms with E-state index in [-0.39, 0.29) is 39.4 Å². The summed E-state index contributed by atoms with van der Waals surface area (Å²) in [6.45, 7) is 9.49. The number of rotatable bonds is 6. The Morgan fingerprint density at radius 1 is 1.06 bits per heavy atom. The second-order valence-corrected chi connectivity index (χ2v) is 7.85. The van der Waals surface area contributed by atoms with Gasteiger partial charge in [-0.1, -0.05) is 29.8 Å². The van der Waals surface area contributed by atoms with E-state index < -0.39 is 17.9 Å². The molecule has 0 saturated heterocycles. The Bertz CT molecular complexity index is 1070. The van der Waals surface area contributed by atoms with Gasteiger partial charge in [0.25, 0.3) is 0 Å². The van der Waals surface area contributed by atoms with E-state index in [9.17, 15) is 14.4 Å². The quantitative estimate of drug-likeness (QED) is 0.296. The molecule has 0 aliphatic carbocycles. The number of fused-ring (bicyclic) bond motifs is 1. The van der Waals surface area contributed by atoms with Gasteiger partial charge >= 0.3 is 17.9 Å². The van der Waals surface area contributed by atoms with Crippen LogP contribution in [0.3, 0.4) is 0 Å². The van der Waals surface area contributed by atoms with Gasteiger partial charge in [0.1, 0.15) is 5.75 Å². The highest BCUT2D eigenvalue weighted by molar-refractivity contribution is 8.93. The molecule has 9 heteroatoms. The molecule has 0 fully saturated rings. The molecule has 0 amide bonds. The van der Waals surface area contributed by atoms with Crippen LogP contribution in [0.2, 0.25) is 5.02 Å². The maximum absolute atomic E-state index is 11.7. The van der Waals surface area contributed by atoms with Crippen molar-refractivity contribution in [2.45, 2.75) is 33.2 Å². The van der Waals surface area contributed by atoms with E-state index in [1.54, 1.807) is 24.3 Å². The number of hydrogen-bond acceptors (Lipinski definition) is 7. The third-order valence-electron chi connectivity index (χ3n) is 4.95. The Kier molecular flexibility index (Phi) is 9.22. The summed E-state index contributed by atoms with van der Waals surface area (Å²) in [5.74, 6) is -1.08. The van der Waals surface area contributed by atoms with Crippen LogP contribution in [-0.2, 0) is 20.9 Å². The highest BCUT2D eigenvalue weighted by Crippen LogP contribution is 2.46. The van der Waals surface area contributed by atoms with Gasteiger partial charge in [-0.05, 0) is 34.9 Å². The third kappa shape index (κ3) is 6.43. The molecule has 0 saturated carbocycles. The SMILES string of the molecule is Br.C=CCN1Cc2c(cc(OC(C)=O)c(OC(C)=O)c2Cl)C(c2ccc(OC(C)=O)cc2)C1. The number of benzene rings is 2. The highest BCUT2D eigenvalue weighted by atomic mass is 79.9. The molecule has 33 heavy (non-hydrogen) atoms. The Morgan fingerprint density at radius 2 is 1.67 bits per heavy atom. The second kappa shape index (κ2) is 11.4. The molecule has 0 aromatic heterocycles. The smallest absolute Gasteiger partial charge is 0.308 e. The molecule has 2 aromatic carbocycles. The normalized spacial score (nSPS) is 15.0. The molecule has 176 valence electrons. The number of nitrogens with zero attached hydrogens (tertiary/aromatic N) is 1. The van der Waals surface area contributed by atoms with Crippen molar-refractivity contribution in [3.8, 4) is 17.2 Å². The van der Waals surface area contributed by atoms with Crippen molar-refractivity contribution < 1.29 is 28.6 Å². The van der Waals surface area contributed by atoms with E-state index in [1.165, 1.54) is 20.8 Å². The first-order valence-corrected chi connectivity index (χ1v) is 10.4. The predicted molar refractivity (Wildman–Crippen MR) is 129 cm³/mol. The fraction of sp³-hybridized carbons (Fsp3) is 0.292. The lowest BCUT2D eigenvalue weighted by atomic mass is 9.84. The van der Waals surface area contributed by atoms with Crippen LogP contribution in [0.15, 0.2) is 43.0 Å². The first kappa shape index (κ1) is 26.6. The number of halogens is 2. The van der Waals surface area contributed by atoms with Crippen molar-refractivity contribution in [3.63, 3.8) is 0 Å². The summed E-state index contributed by atoms with van der Waals surface area (Å²) in [5, 5.41) is 0.226. The molecule has 3 rings (SSSR count). The molecule has 0 radical (unpaired) electrons. The van der Waals surface area contributed by atoms with Crippen molar-refractivity contribution in [1.29, 1.82) is 0 Å². The van der Waals surface area contributed by atoms with Gasteiger partial charge in [0.2, 0.25) is 0 Å². The number of ether oxygens (including phenoxy) is 3. The van der Waals surface area contributed by atoms with Crippen LogP contribution in [-0.4, -0.2) is 35.9 Å². The molecular weight excluding hydrogens is 514 g/mol. The second-order valence-electron chi connectivity index (χ2n) is 7.47. The van der Waals surface area contributed by atoms with Gasteiger partial charge in [-0.25, -0.2) is 0 Å². The van der Waals surface area contributed by atoms with Gasteiger partial charge in [0.05, 0.1) is 5.02 Å². The van der Waals surface area contributed by atoms with E-state index in [0.717, 1.165) is 16.7 Å². The molecule has 1 aliphatic heterocycles. The molecule has 1 atom stereocenters. The van der Waals surface area contributed by atoms with Crippen molar-refractivity contribution in [2.24, 2.45) is 0 Å². The molecule has 0 N–H and O–H groups in total. The van der Waals surface area contributed by atoms with E-state index in [4.69, 9.17) is 25.8 Å². The lowest BCUT2D eigenvalue weighted by Gasteiger charge is -2.35. The van der Waals surface area contributed by atoms with Crippen molar-refractivity contribution in [2.75, 3.05) is 13.1 Å². The summed E-state index contributed by atoms with van der Waals surface area (Å²) < 4.78 is 15.8. The highest BCUT2D eigenvalue weighted by Gasteiger charge is 2.32. The molecule has 1 heterocycles. The molecule has 7 nitrogen and oxygen atoms in total. The van der Waals surface area contributed by atoms with Gasteiger partial charge in [-0.3, -0.25) is 19.3 Å². The van der Waals surface area contributed by atoms with Crippen molar-refractivity contribution in [3.05, 3.63) is 64.7 Å². The van der Waals surface area contributed by atoms with Crippen LogP contribution in [0.1, 0.15) is 43.4 Å². The summed E-state index contributed by atoms with van der Waals surface area (Å²) in [6.07, 6.45) is 1.81. The van der Waals surface area contributed by atoms with Gasteiger partial charge in [0, 0.05) is 46.3 Å². The van der Waals surface area contributed by atoms with Gasteiger partial charge in [-0.15, -0.1) is 23.6 Å². The minimum Gasteiger partial charge on any atom is -0.427 e. The summed E-state index contributed by atoms with van der Waals surface area (Å²) >= 11 is 6.68. The standard InChI is InChI=1S/C24H24ClNO6.BrH/c1-5-10-26-12-20(17-6-8-18(9-7-17)30-14(2)27)19-11-22(31-15(3)28)24(32-16(4)29)23(25)21(19)13-26;/h5-9,11,20H,1,10,12-13H2,2-4H3;1H. The molecule has 0 bridgehead atoms. The minimum atomic E-state index is -0.573. The van der Waals surface area contributed by atoms with E-state index in [1.807, 2.05) is 12.1 Å². The Morgan fingerprint density at radius 3 is 2.21 bits per heavy atom. The first-order chi connectivity index (χ1) is 15.2. The number of hydrogen-bond donors (Lipinski definition) is 0. The number of carbonyl (C=O) groups is 3. The molecule has 1 unspecified atom stereocenters. The topological polar surface area (TPSA) is 82.1 Å². The lowest BCUT2D eigenvalue weighted by molar-refractivity contribution is -0.134. The van der Waals surface area contributed by atoms with Crippen LogP contribution >= 0.6 is 28.6 Å². The fourth-order valence-corrected chi connectivity index (χ4v) is 4.09. The van der Waals surface area contributed by atoms with E-state index >= 15 is 0 Å². The van der Waals surface area contributed by atoms with E-state index in [0.29, 0.717) is 25.4 Å². The number of carbonyl (C=O) groups excluding carboxylic acids is 3. The minimum absolute atomic E-state index is 0. The maximum Gasteiger partial charge on any atom is 0.308 e. The summed E-state index contributed by atoms with van der Waals surface area (Å²) in [5.41, 5.74) is 2.60. The molecule has 0 spiro atoms. The van der Waals surface area contributed by atoms with Gasteiger partial charge in [0.15, 0.2) is 11.5 Å². The van der Waals surface area contributed by atoms with Gasteiger partial charge < -0.3 is 14.2 Å². The summed E-state index contributed by atoms with van der Waals surface area (Å²) in [7, 11) is 0. The van der Waals surface area contributed by atoms with Crippen LogP contribution in [0.4, 0.5) is 0 Å². The Labute approximate surface area is 208 Å². The zero-order valence-corrected chi connectivity index (χ0v) is 21.0.